The Morgan fingerprint density at radius 2 is 2.07 bits per heavy atom. The smallest absolute Gasteiger partial charge is 0.303 e. The lowest BCUT2D eigenvalue weighted by Gasteiger charge is -1.96. The summed E-state index contributed by atoms with van der Waals surface area (Å²) in [5.74, 6) is 0. The molecule has 0 saturated carbocycles. The molecule has 0 atom stereocenters. The molecule has 3 rings (SSSR count). The van der Waals surface area contributed by atoms with Gasteiger partial charge in [0.15, 0.2) is 5.65 Å². The fourth-order valence-corrected chi connectivity index (χ4v) is 1.69. The lowest BCUT2D eigenvalue weighted by atomic mass is 10.2. The van der Waals surface area contributed by atoms with E-state index >= 15 is 0 Å². The van der Waals surface area contributed by atoms with Crippen LogP contribution >= 0.6 is 0 Å². The molecule has 0 amide bonds. The Labute approximate surface area is 84.4 Å². The highest BCUT2D eigenvalue weighted by atomic mass is 16.1. The average Bonchev–Trinajstić information content (AvgIpc) is 2.56. The summed E-state index contributed by atoms with van der Waals surface area (Å²) in [7, 11) is 1.67. The topological polar surface area (TPSA) is 63.6 Å². The highest BCUT2D eigenvalue weighted by molar-refractivity contribution is 5.99. The molecule has 2 heterocycles. The number of nitrogens with zero attached hydrogens (tertiary/aromatic N) is 3. The van der Waals surface area contributed by atoms with Crippen molar-refractivity contribution in [1.82, 2.24) is 19.7 Å². The van der Waals surface area contributed by atoms with Crippen LogP contribution in [0.2, 0.25) is 0 Å². The Morgan fingerprint density at radius 1 is 1.27 bits per heavy atom. The number of rotatable bonds is 0. The molecular weight excluding hydrogens is 192 g/mol. The van der Waals surface area contributed by atoms with E-state index in [1.807, 2.05) is 24.3 Å². The van der Waals surface area contributed by atoms with Crippen LogP contribution in [0.5, 0.6) is 0 Å². The number of aromatic amines is 1. The standard InChI is InChI=1S/C10H8N4O/c1-14-9-8(11-10(14)15)6-4-2-3-5-7(6)12-13-9/h2-5H,1H3,(H,11,15). The van der Waals surface area contributed by atoms with Gasteiger partial charge in [-0.25, -0.2) is 4.79 Å². The van der Waals surface area contributed by atoms with E-state index in [1.165, 1.54) is 4.57 Å². The summed E-state index contributed by atoms with van der Waals surface area (Å²) >= 11 is 0. The molecule has 74 valence electrons. The van der Waals surface area contributed by atoms with Gasteiger partial charge in [-0.05, 0) is 6.07 Å². The summed E-state index contributed by atoms with van der Waals surface area (Å²) in [6, 6.07) is 7.59. The minimum Gasteiger partial charge on any atom is -0.303 e. The Kier molecular flexibility index (Phi) is 1.45. The highest BCUT2D eigenvalue weighted by Crippen LogP contribution is 2.17. The molecule has 0 aliphatic rings. The molecule has 15 heavy (non-hydrogen) atoms. The Morgan fingerprint density at radius 3 is 2.93 bits per heavy atom. The number of nitrogens with one attached hydrogen (secondary N) is 1. The maximum atomic E-state index is 11.4. The fourth-order valence-electron chi connectivity index (χ4n) is 1.69. The maximum absolute atomic E-state index is 11.4. The van der Waals surface area contributed by atoms with Crippen molar-refractivity contribution in [3.8, 4) is 0 Å². The lowest BCUT2D eigenvalue weighted by molar-refractivity contribution is 0.867. The molecule has 1 aromatic carbocycles. The van der Waals surface area contributed by atoms with E-state index in [-0.39, 0.29) is 5.69 Å². The van der Waals surface area contributed by atoms with Crippen molar-refractivity contribution in [2.45, 2.75) is 0 Å². The van der Waals surface area contributed by atoms with Crippen LogP contribution in [0, 0.1) is 0 Å². The summed E-state index contributed by atoms with van der Waals surface area (Å²) < 4.78 is 1.45. The van der Waals surface area contributed by atoms with Gasteiger partial charge < -0.3 is 4.98 Å². The van der Waals surface area contributed by atoms with Gasteiger partial charge >= 0.3 is 5.69 Å². The summed E-state index contributed by atoms with van der Waals surface area (Å²) in [5, 5.41) is 8.98. The molecule has 0 fully saturated rings. The highest BCUT2D eigenvalue weighted by Gasteiger charge is 2.08. The van der Waals surface area contributed by atoms with Crippen LogP contribution in [0.3, 0.4) is 0 Å². The van der Waals surface area contributed by atoms with Gasteiger partial charge in [0.25, 0.3) is 0 Å². The molecule has 0 radical (unpaired) electrons. The Hall–Kier alpha value is -2.17. The van der Waals surface area contributed by atoms with Crippen molar-refractivity contribution in [2.75, 3.05) is 0 Å². The monoisotopic (exact) mass is 200 g/mol. The van der Waals surface area contributed by atoms with Crippen LogP contribution in [0.1, 0.15) is 0 Å². The quantitative estimate of drug-likeness (QED) is 0.584. The Bertz CT molecular complexity index is 710. The molecule has 0 bridgehead atoms. The summed E-state index contributed by atoms with van der Waals surface area (Å²) in [6.45, 7) is 0. The van der Waals surface area contributed by atoms with E-state index < -0.39 is 0 Å². The predicted octanol–water partition coefficient (Wildman–Crippen LogP) is 0.810. The number of hydrogen-bond acceptors (Lipinski definition) is 3. The van der Waals surface area contributed by atoms with Crippen molar-refractivity contribution in [3.63, 3.8) is 0 Å². The van der Waals surface area contributed by atoms with Crippen LogP contribution in [-0.4, -0.2) is 19.7 Å². The third-order valence-electron chi connectivity index (χ3n) is 2.50. The van der Waals surface area contributed by atoms with E-state index in [2.05, 4.69) is 15.2 Å². The van der Waals surface area contributed by atoms with Gasteiger partial charge in [-0.2, -0.15) is 0 Å². The number of H-pyrrole nitrogens is 1. The van der Waals surface area contributed by atoms with Crippen LogP contribution in [0.15, 0.2) is 29.1 Å². The third kappa shape index (κ3) is 0.999. The van der Waals surface area contributed by atoms with Crippen molar-refractivity contribution >= 4 is 22.1 Å². The SMILES string of the molecule is Cn1c(=O)[nH]c2c3ccccc3nnc21. The first-order valence-electron chi connectivity index (χ1n) is 4.57. The molecule has 1 N–H and O–H groups in total. The molecular formula is C10H8N4O. The van der Waals surface area contributed by atoms with Crippen LogP contribution < -0.4 is 5.69 Å². The van der Waals surface area contributed by atoms with Gasteiger partial charge in [-0.3, -0.25) is 4.57 Å². The first kappa shape index (κ1) is 8.16. The lowest BCUT2D eigenvalue weighted by Crippen LogP contribution is -2.12. The number of fused-ring (bicyclic) bond motifs is 3. The molecule has 0 aliphatic carbocycles. The molecule has 5 nitrogen and oxygen atoms in total. The average molecular weight is 200 g/mol. The molecule has 0 saturated heterocycles. The van der Waals surface area contributed by atoms with E-state index in [1.54, 1.807) is 7.05 Å². The summed E-state index contributed by atoms with van der Waals surface area (Å²) in [5.41, 5.74) is 1.94. The van der Waals surface area contributed by atoms with Gasteiger partial charge in [0.2, 0.25) is 0 Å². The zero-order chi connectivity index (χ0) is 10.4. The zero-order valence-corrected chi connectivity index (χ0v) is 8.06. The molecule has 0 aliphatic heterocycles. The maximum Gasteiger partial charge on any atom is 0.327 e. The van der Waals surface area contributed by atoms with E-state index in [0.717, 1.165) is 16.4 Å². The van der Waals surface area contributed by atoms with Gasteiger partial charge in [0, 0.05) is 12.4 Å². The second-order valence-electron chi connectivity index (χ2n) is 3.40. The largest absolute Gasteiger partial charge is 0.327 e. The number of aromatic nitrogens is 4. The predicted molar refractivity (Wildman–Crippen MR) is 56.6 cm³/mol. The van der Waals surface area contributed by atoms with Crippen molar-refractivity contribution in [1.29, 1.82) is 0 Å². The second kappa shape index (κ2) is 2.66. The minimum atomic E-state index is -0.171. The summed E-state index contributed by atoms with van der Waals surface area (Å²) in [6.07, 6.45) is 0. The molecule has 5 heteroatoms. The van der Waals surface area contributed by atoms with Gasteiger partial charge in [0.05, 0.1) is 11.0 Å². The van der Waals surface area contributed by atoms with Gasteiger partial charge in [0.1, 0.15) is 0 Å². The normalized spacial score (nSPS) is 11.3. The van der Waals surface area contributed by atoms with E-state index in [0.29, 0.717) is 5.65 Å². The third-order valence-corrected chi connectivity index (χ3v) is 2.50. The van der Waals surface area contributed by atoms with E-state index in [4.69, 9.17) is 0 Å². The van der Waals surface area contributed by atoms with Crippen LogP contribution in [0.4, 0.5) is 0 Å². The van der Waals surface area contributed by atoms with Crippen molar-refractivity contribution in [3.05, 3.63) is 34.7 Å². The van der Waals surface area contributed by atoms with Gasteiger partial charge in [-0.15, -0.1) is 10.2 Å². The molecule has 0 spiro atoms. The van der Waals surface area contributed by atoms with Gasteiger partial charge in [-0.1, -0.05) is 18.2 Å². The summed E-state index contributed by atoms with van der Waals surface area (Å²) in [4.78, 5) is 14.2. The van der Waals surface area contributed by atoms with Crippen LogP contribution in [0.25, 0.3) is 22.1 Å². The Balaban J connectivity index is 2.66. The zero-order valence-electron chi connectivity index (χ0n) is 8.06. The molecule has 2 aromatic heterocycles. The fraction of sp³-hybridized carbons (Fsp3) is 0.100. The van der Waals surface area contributed by atoms with Crippen molar-refractivity contribution in [2.24, 2.45) is 7.05 Å². The number of aryl methyl sites for hydroxylation is 1. The number of benzene rings is 1. The minimum absolute atomic E-state index is 0.171. The molecule has 0 unspecified atom stereocenters. The number of hydrogen-bond donors (Lipinski definition) is 1. The molecule has 3 aromatic rings. The van der Waals surface area contributed by atoms with E-state index in [9.17, 15) is 4.79 Å². The first-order chi connectivity index (χ1) is 7.27. The second-order valence-corrected chi connectivity index (χ2v) is 3.40. The first-order valence-corrected chi connectivity index (χ1v) is 4.57. The van der Waals surface area contributed by atoms with Crippen molar-refractivity contribution < 1.29 is 0 Å². The number of imidazole rings is 1. The van der Waals surface area contributed by atoms with Crippen LogP contribution in [-0.2, 0) is 7.05 Å².